The number of amides is 2. The van der Waals surface area contributed by atoms with Gasteiger partial charge in [-0.2, -0.15) is 5.10 Å². The van der Waals surface area contributed by atoms with Crippen LogP contribution in [-0.2, 0) is 11.8 Å². The van der Waals surface area contributed by atoms with Crippen LogP contribution >= 0.6 is 0 Å². The number of hydrogen-bond acceptors (Lipinski definition) is 6. The van der Waals surface area contributed by atoms with Crippen molar-refractivity contribution < 1.29 is 14.6 Å². The second kappa shape index (κ2) is 11.9. The standard InChI is InChI=1S/C31H36N6O3/c1-31(2,3)28-20-29(34-30(39)33-23-6-10-26(11-7-23)40-27-12-16-32-17-13-27)37(35-28)24-8-4-22(5-9-24)14-18-36-19-15-25(38)21-36/h4-13,16-17,20,25,38H,14-15,18-19,21H2,1-3H3,(H2,33,34,39)/t25-/m1/s1. The zero-order chi connectivity index (χ0) is 28.1. The Balaban J connectivity index is 1.25. The maximum atomic E-state index is 13.0. The first-order valence-electron chi connectivity index (χ1n) is 13.6. The third-order valence-electron chi connectivity index (χ3n) is 6.86. The van der Waals surface area contributed by atoms with E-state index in [1.54, 1.807) is 53.5 Å². The number of β-amino-alcohol motifs (C(OH)–C–C–N with tert-alkyl or cyclic N) is 1. The highest BCUT2D eigenvalue weighted by Gasteiger charge is 2.22. The van der Waals surface area contributed by atoms with Crippen LogP contribution in [0.25, 0.3) is 5.69 Å². The first-order valence-corrected chi connectivity index (χ1v) is 13.6. The lowest BCUT2D eigenvalue weighted by atomic mass is 9.92. The fourth-order valence-corrected chi connectivity index (χ4v) is 4.57. The van der Waals surface area contributed by atoms with E-state index in [2.05, 4.69) is 53.4 Å². The van der Waals surface area contributed by atoms with Crippen LogP contribution in [0.4, 0.5) is 16.3 Å². The van der Waals surface area contributed by atoms with E-state index in [4.69, 9.17) is 9.84 Å². The maximum absolute atomic E-state index is 13.0. The Morgan fingerprint density at radius 3 is 2.35 bits per heavy atom. The number of aliphatic hydroxyl groups excluding tert-OH is 1. The van der Waals surface area contributed by atoms with Gasteiger partial charge in [-0.3, -0.25) is 10.3 Å². The average Bonchev–Trinajstić information content (AvgIpc) is 3.55. The van der Waals surface area contributed by atoms with Crippen LogP contribution in [0, 0.1) is 0 Å². The molecule has 4 aromatic rings. The van der Waals surface area contributed by atoms with Crippen LogP contribution in [0.3, 0.4) is 0 Å². The molecule has 0 bridgehead atoms. The molecule has 0 unspecified atom stereocenters. The predicted octanol–water partition coefficient (Wildman–Crippen LogP) is 5.61. The molecule has 2 aromatic carbocycles. The van der Waals surface area contributed by atoms with Crippen LogP contribution < -0.4 is 15.4 Å². The van der Waals surface area contributed by atoms with Crippen molar-refractivity contribution in [3.8, 4) is 17.2 Å². The Labute approximate surface area is 234 Å². The lowest BCUT2D eigenvalue weighted by Gasteiger charge is -2.15. The SMILES string of the molecule is CC(C)(C)c1cc(NC(=O)Nc2ccc(Oc3ccncc3)cc2)n(-c2ccc(CCN3CC[C@@H](O)C3)cc2)n1. The molecule has 5 rings (SSSR count). The smallest absolute Gasteiger partial charge is 0.324 e. The highest BCUT2D eigenvalue weighted by atomic mass is 16.5. The summed E-state index contributed by atoms with van der Waals surface area (Å²) in [6.45, 7) is 8.91. The molecule has 0 spiro atoms. The highest BCUT2D eigenvalue weighted by Crippen LogP contribution is 2.27. The normalized spacial score (nSPS) is 15.7. The van der Waals surface area contributed by atoms with Gasteiger partial charge in [0.2, 0.25) is 0 Å². The van der Waals surface area contributed by atoms with Gasteiger partial charge in [-0.15, -0.1) is 0 Å². The van der Waals surface area contributed by atoms with Crippen molar-refractivity contribution in [2.24, 2.45) is 0 Å². The van der Waals surface area contributed by atoms with E-state index >= 15 is 0 Å². The first kappa shape index (κ1) is 27.4. The number of benzene rings is 2. The fraction of sp³-hybridized carbons (Fsp3) is 0.323. The number of nitrogens with zero attached hydrogens (tertiary/aromatic N) is 4. The lowest BCUT2D eigenvalue weighted by Crippen LogP contribution is -2.24. The molecular weight excluding hydrogens is 504 g/mol. The molecule has 1 fully saturated rings. The van der Waals surface area contributed by atoms with Crippen molar-refractivity contribution in [2.75, 3.05) is 30.3 Å². The zero-order valence-electron chi connectivity index (χ0n) is 23.2. The summed E-state index contributed by atoms with van der Waals surface area (Å²) in [7, 11) is 0. The van der Waals surface area contributed by atoms with Crippen LogP contribution in [0.15, 0.2) is 79.1 Å². The van der Waals surface area contributed by atoms with Crippen molar-refractivity contribution in [1.82, 2.24) is 19.7 Å². The Morgan fingerprint density at radius 2 is 1.70 bits per heavy atom. The second-order valence-electron chi connectivity index (χ2n) is 11.1. The van der Waals surface area contributed by atoms with Gasteiger partial charge in [0.25, 0.3) is 0 Å². The molecule has 1 aliphatic heterocycles. The minimum atomic E-state index is -0.367. The van der Waals surface area contributed by atoms with Crippen LogP contribution in [-0.4, -0.2) is 56.5 Å². The number of pyridine rings is 1. The van der Waals surface area contributed by atoms with Crippen molar-refractivity contribution in [3.05, 3.63) is 90.4 Å². The zero-order valence-corrected chi connectivity index (χ0v) is 23.2. The number of carbonyl (C=O) groups excluding carboxylic acids is 1. The molecule has 2 amide bonds. The van der Waals surface area contributed by atoms with Gasteiger partial charge in [-0.25, -0.2) is 9.48 Å². The Morgan fingerprint density at radius 1 is 1.00 bits per heavy atom. The largest absolute Gasteiger partial charge is 0.457 e. The molecular formula is C31H36N6O3. The van der Waals surface area contributed by atoms with Gasteiger partial charge < -0.3 is 20.1 Å². The van der Waals surface area contributed by atoms with Gasteiger partial charge in [-0.1, -0.05) is 32.9 Å². The second-order valence-corrected chi connectivity index (χ2v) is 11.1. The van der Waals surface area contributed by atoms with E-state index in [0.717, 1.165) is 43.9 Å². The number of aromatic nitrogens is 3. The number of rotatable bonds is 8. The minimum absolute atomic E-state index is 0.191. The molecule has 1 atom stereocenters. The number of urea groups is 1. The van der Waals surface area contributed by atoms with E-state index in [1.807, 2.05) is 18.2 Å². The summed E-state index contributed by atoms with van der Waals surface area (Å²) in [6, 6.07) is 20.5. The van der Waals surface area contributed by atoms with E-state index in [0.29, 0.717) is 23.0 Å². The van der Waals surface area contributed by atoms with Gasteiger partial charge in [-0.05, 0) is 66.9 Å². The quantitative estimate of drug-likeness (QED) is 0.268. The Bertz CT molecular complexity index is 1410. The average molecular weight is 541 g/mol. The molecule has 9 heteroatoms. The molecule has 1 saturated heterocycles. The van der Waals surface area contributed by atoms with Crippen molar-refractivity contribution in [3.63, 3.8) is 0 Å². The predicted molar refractivity (Wildman–Crippen MR) is 156 cm³/mol. The number of aliphatic hydroxyl groups is 1. The molecule has 0 aliphatic carbocycles. The summed E-state index contributed by atoms with van der Waals surface area (Å²) in [6.07, 6.45) is 4.90. The number of likely N-dealkylation sites (tertiary alicyclic amines) is 1. The molecule has 0 radical (unpaired) electrons. The minimum Gasteiger partial charge on any atom is -0.457 e. The topological polar surface area (TPSA) is 105 Å². The first-order chi connectivity index (χ1) is 19.2. The molecule has 2 aromatic heterocycles. The summed E-state index contributed by atoms with van der Waals surface area (Å²) in [5, 5.41) is 20.4. The Hall–Kier alpha value is -4.21. The molecule has 0 saturated carbocycles. The molecule has 40 heavy (non-hydrogen) atoms. The van der Waals surface area contributed by atoms with E-state index < -0.39 is 0 Å². The summed E-state index contributed by atoms with van der Waals surface area (Å²) >= 11 is 0. The number of nitrogens with one attached hydrogen (secondary N) is 2. The lowest BCUT2D eigenvalue weighted by molar-refractivity contribution is 0.177. The van der Waals surface area contributed by atoms with Crippen LogP contribution in [0.5, 0.6) is 11.5 Å². The summed E-state index contributed by atoms with van der Waals surface area (Å²) in [5.74, 6) is 1.93. The van der Waals surface area contributed by atoms with Crippen LogP contribution in [0.2, 0.25) is 0 Å². The third-order valence-corrected chi connectivity index (χ3v) is 6.86. The van der Waals surface area contributed by atoms with Crippen molar-refractivity contribution in [2.45, 2.75) is 45.1 Å². The number of carbonyl (C=O) groups is 1. The molecule has 3 heterocycles. The van der Waals surface area contributed by atoms with Crippen LogP contribution in [0.1, 0.15) is 38.4 Å². The van der Waals surface area contributed by atoms with Gasteiger partial charge in [0, 0.05) is 49.2 Å². The Kier molecular flexibility index (Phi) is 8.14. The highest BCUT2D eigenvalue weighted by molar-refractivity contribution is 5.99. The monoisotopic (exact) mass is 540 g/mol. The molecule has 208 valence electrons. The maximum Gasteiger partial charge on any atom is 0.324 e. The van der Waals surface area contributed by atoms with Gasteiger partial charge in [0.05, 0.1) is 17.5 Å². The van der Waals surface area contributed by atoms with Crippen molar-refractivity contribution in [1.29, 1.82) is 0 Å². The number of hydrogen-bond donors (Lipinski definition) is 3. The van der Waals surface area contributed by atoms with Gasteiger partial charge >= 0.3 is 6.03 Å². The fourth-order valence-electron chi connectivity index (χ4n) is 4.57. The van der Waals surface area contributed by atoms with Gasteiger partial charge in [0.1, 0.15) is 17.3 Å². The van der Waals surface area contributed by atoms with Crippen molar-refractivity contribution >= 4 is 17.5 Å². The van der Waals surface area contributed by atoms with Gasteiger partial charge in [0.15, 0.2) is 0 Å². The summed E-state index contributed by atoms with van der Waals surface area (Å²) < 4.78 is 7.56. The van der Waals surface area contributed by atoms with E-state index in [9.17, 15) is 9.90 Å². The molecule has 9 nitrogen and oxygen atoms in total. The molecule has 3 N–H and O–H groups in total. The van der Waals surface area contributed by atoms with E-state index in [-0.39, 0.29) is 17.6 Å². The number of ether oxygens (including phenoxy) is 1. The summed E-state index contributed by atoms with van der Waals surface area (Å²) in [4.78, 5) is 19.2. The van der Waals surface area contributed by atoms with E-state index in [1.165, 1.54) is 5.56 Å². The summed E-state index contributed by atoms with van der Waals surface area (Å²) in [5.41, 5.74) is 3.40. The number of anilines is 2. The molecule has 1 aliphatic rings. The third kappa shape index (κ3) is 7.05.